The number of fused-ring (bicyclic) bond motifs is 1. The van der Waals surface area contributed by atoms with Gasteiger partial charge in [0.2, 0.25) is 11.7 Å². The van der Waals surface area contributed by atoms with Crippen LogP contribution in [0, 0.1) is 0 Å². The smallest absolute Gasteiger partial charge is 0.240 e. The molecule has 2 heterocycles. The molecular weight excluding hydrogens is 270 g/mol. The molecule has 3 rings (SSSR count). The first-order chi connectivity index (χ1) is 10.0. The maximum atomic E-state index is 5.85. The monoisotopic (exact) mass is 289 g/mol. The van der Waals surface area contributed by atoms with Gasteiger partial charge in [-0.15, -0.1) is 0 Å². The number of rotatable bonds is 3. The molecule has 0 spiro atoms. The molecule has 0 saturated heterocycles. The number of ether oxygens (including phenoxy) is 2. The predicted octanol–water partition coefficient (Wildman–Crippen LogP) is 2.47. The second-order valence-electron chi connectivity index (χ2n) is 6.01. The Kier molecular flexibility index (Phi) is 3.55. The normalized spacial score (nSPS) is 17.8. The van der Waals surface area contributed by atoms with Crippen LogP contribution in [0.3, 0.4) is 0 Å². The van der Waals surface area contributed by atoms with Gasteiger partial charge in [0, 0.05) is 5.54 Å². The summed E-state index contributed by atoms with van der Waals surface area (Å²) < 4.78 is 16.7. The maximum Gasteiger partial charge on any atom is 0.240 e. The Bertz CT molecular complexity index is 619. The van der Waals surface area contributed by atoms with Gasteiger partial charge >= 0.3 is 0 Å². The average molecular weight is 289 g/mol. The lowest BCUT2D eigenvalue weighted by Gasteiger charge is -2.24. The molecule has 112 valence electrons. The van der Waals surface area contributed by atoms with E-state index in [4.69, 9.17) is 14.0 Å². The zero-order chi connectivity index (χ0) is 14.9. The van der Waals surface area contributed by atoms with Crippen LogP contribution in [0.25, 0.3) is 0 Å². The van der Waals surface area contributed by atoms with Crippen LogP contribution >= 0.6 is 0 Å². The molecule has 21 heavy (non-hydrogen) atoms. The molecule has 1 aliphatic heterocycles. The van der Waals surface area contributed by atoms with Crippen LogP contribution in [0.2, 0.25) is 0 Å². The van der Waals surface area contributed by atoms with Gasteiger partial charge in [-0.1, -0.05) is 17.3 Å². The van der Waals surface area contributed by atoms with Gasteiger partial charge in [0.05, 0.1) is 6.54 Å². The van der Waals surface area contributed by atoms with Crippen molar-refractivity contribution in [2.24, 2.45) is 0 Å². The third kappa shape index (κ3) is 3.33. The molecule has 6 nitrogen and oxygen atoms in total. The zero-order valence-electron chi connectivity index (χ0n) is 12.4. The first kappa shape index (κ1) is 13.9. The molecule has 0 aliphatic carbocycles. The van der Waals surface area contributed by atoms with Gasteiger partial charge in [0.15, 0.2) is 17.6 Å². The van der Waals surface area contributed by atoms with Crippen LogP contribution in [0.5, 0.6) is 11.5 Å². The molecule has 1 atom stereocenters. The van der Waals surface area contributed by atoms with Crippen LogP contribution < -0.4 is 14.8 Å². The van der Waals surface area contributed by atoms with Gasteiger partial charge in [-0.3, -0.25) is 0 Å². The molecule has 0 bridgehead atoms. The molecule has 0 fully saturated rings. The Balaban J connectivity index is 1.67. The molecule has 2 aromatic rings. The molecule has 1 N–H and O–H groups in total. The number of benzene rings is 1. The lowest BCUT2D eigenvalue weighted by Crippen LogP contribution is -2.35. The third-order valence-corrected chi connectivity index (χ3v) is 3.05. The van der Waals surface area contributed by atoms with E-state index in [0.717, 1.165) is 5.75 Å². The van der Waals surface area contributed by atoms with E-state index in [1.54, 1.807) is 0 Å². The van der Waals surface area contributed by atoms with Crippen molar-refractivity contribution >= 4 is 0 Å². The standard InChI is InChI=1S/C15H19N3O3/c1-15(2,3)16-8-13-17-14(18-21-13)12-9-19-10-6-4-5-7-11(10)20-12/h4-7,12,16H,8-9H2,1-3H3. The molecule has 1 aromatic heterocycles. The van der Waals surface area contributed by atoms with E-state index < -0.39 is 0 Å². The fraction of sp³-hybridized carbons (Fsp3) is 0.467. The van der Waals surface area contributed by atoms with E-state index in [-0.39, 0.29) is 11.6 Å². The summed E-state index contributed by atoms with van der Waals surface area (Å²) in [7, 11) is 0. The van der Waals surface area contributed by atoms with E-state index in [0.29, 0.717) is 30.6 Å². The topological polar surface area (TPSA) is 69.4 Å². The number of hydrogen-bond donors (Lipinski definition) is 1. The van der Waals surface area contributed by atoms with Crippen molar-refractivity contribution in [3.05, 3.63) is 36.0 Å². The number of nitrogens with one attached hydrogen (secondary N) is 1. The summed E-state index contributed by atoms with van der Waals surface area (Å²) in [5.74, 6) is 2.50. The highest BCUT2D eigenvalue weighted by molar-refractivity contribution is 5.40. The second kappa shape index (κ2) is 5.37. The van der Waals surface area contributed by atoms with Gasteiger partial charge in [-0.2, -0.15) is 4.98 Å². The fourth-order valence-electron chi connectivity index (χ4n) is 1.96. The second-order valence-corrected chi connectivity index (χ2v) is 6.01. The highest BCUT2D eigenvalue weighted by Crippen LogP contribution is 2.34. The molecule has 0 saturated carbocycles. The maximum absolute atomic E-state index is 5.85. The van der Waals surface area contributed by atoms with Gasteiger partial charge < -0.3 is 19.3 Å². The Morgan fingerprint density at radius 3 is 2.76 bits per heavy atom. The number of aromatic nitrogens is 2. The Morgan fingerprint density at radius 1 is 1.24 bits per heavy atom. The quantitative estimate of drug-likeness (QED) is 0.936. The molecule has 1 aliphatic rings. The van der Waals surface area contributed by atoms with Crippen molar-refractivity contribution < 1.29 is 14.0 Å². The minimum absolute atomic E-state index is 0.00196. The van der Waals surface area contributed by atoms with Crippen molar-refractivity contribution in [1.82, 2.24) is 15.5 Å². The van der Waals surface area contributed by atoms with Gasteiger partial charge in [-0.25, -0.2) is 0 Å². The van der Waals surface area contributed by atoms with Crippen molar-refractivity contribution in [2.45, 2.75) is 39.0 Å². The van der Waals surface area contributed by atoms with Crippen molar-refractivity contribution in [1.29, 1.82) is 0 Å². The van der Waals surface area contributed by atoms with Crippen LogP contribution in [0.15, 0.2) is 28.8 Å². The number of nitrogens with zero attached hydrogens (tertiary/aromatic N) is 2. The fourth-order valence-corrected chi connectivity index (χ4v) is 1.96. The lowest BCUT2D eigenvalue weighted by molar-refractivity contribution is 0.0832. The molecule has 6 heteroatoms. The Morgan fingerprint density at radius 2 is 2.00 bits per heavy atom. The average Bonchev–Trinajstić information content (AvgIpc) is 2.93. The summed E-state index contributed by atoms with van der Waals surface area (Å²) in [5.41, 5.74) is -0.00196. The van der Waals surface area contributed by atoms with Crippen LogP contribution in [0.4, 0.5) is 0 Å². The minimum atomic E-state index is -0.341. The van der Waals surface area contributed by atoms with Crippen LogP contribution in [-0.4, -0.2) is 22.3 Å². The van der Waals surface area contributed by atoms with E-state index in [9.17, 15) is 0 Å². The van der Waals surface area contributed by atoms with Crippen LogP contribution in [0.1, 0.15) is 38.6 Å². The molecule has 1 unspecified atom stereocenters. The molecule has 1 aromatic carbocycles. The highest BCUT2D eigenvalue weighted by atomic mass is 16.6. The number of hydrogen-bond acceptors (Lipinski definition) is 6. The summed E-state index contributed by atoms with van der Waals surface area (Å²) in [6, 6.07) is 7.55. The van der Waals surface area contributed by atoms with E-state index in [1.165, 1.54) is 0 Å². The van der Waals surface area contributed by atoms with Crippen molar-refractivity contribution in [2.75, 3.05) is 6.61 Å². The summed E-state index contributed by atoms with van der Waals surface area (Å²) >= 11 is 0. The predicted molar refractivity (Wildman–Crippen MR) is 76.2 cm³/mol. The summed E-state index contributed by atoms with van der Waals surface area (Å²) in [6.45, 7) is 7.15. The SMILES string of the molecule is CC(C)(C)NCc1nc(C2COc3ccccc3O2)no1. The Labute approximate surface area is 123 Å². The number of para-hydroxylation sites is 2. The van der Waals surface area contributed by atoms with E-state index in [1.807, 2.05) is 24.3 Å². The summed E-state index contributed by atoms with van der Waals surface area (Å²) in [6.07, 6.45) is -0.341. The highest BCUT2D eigenvalue weighted by Gasteiger charge is 2.26. The van der Waals surface area contributed by atoms with Gasteiger partial charge in [0.25, 0.3) is 0 Å². The van der Waals surface area contributed by atoms with Crippen molar-refractivity contribution in [3.8, 4) is 11.5 Å². The minimum Gasteiger partial charge on any atom is -0.485 e. The molecule has 0 radical (unpaired) electrons. The van der Waals surface area contributed by atoms with Gasteiger partial charge in [-0.05, 0) is 32.9 Å². The first-order valence-corrected chi connectivity index (χ1v) is 6.97. The van der Waals surface area contributed by atoms with E-state index >= 15 is 0 Å². The van der Waals surface area contributed by atoms with Crippen LogP contribution in [-0.2, 0) is 6.54 Å². The largest absolute Gasteiger partial charge is 0.485 e. The summed E-state index contributed by atoms with van der Waals surface area (Å²) in [4.78, 5) is 4.36. The zero-order valence-corrected chi connectivity index (χ0v) is 12.4. The van der Waals surface area contributed by atoms with E-state index in [2.05, 4.69) is 36.2 Å². The molecular formula is C15H19N3O3. The van der Waals surface area contributed by atoms with Crippen molar-refractivity contribution in [3.63, 3.8) is 0 Å². The Hall–Kier alpha value is -2.08. The third-order valence-electron chi connectivity index (χ3n) is 3.05. The summed E-state index contributed by atoms with van der Waals surface area (Å²) in [5, 5.41) is 7.28. The lowest BCUT2D eigenvalue weighted by atomic mass is 10.1. The first-order valence-electron chi connectivity index (χ1n) is 6.97. The van der Waals surface area contributed by atoms with Gasteiger partial charge in [0.1, 0.15) is 6.61 Å². The molecule has 0 amide bonds.